The maximum absolute atomic E-state index is 5.74. The average molecular weight is 207 g/mol. The van der Waals surface area contributed by atoms with Gasteiger partial charge in [-0.25, -0.2) is 0 Å². The Balaban J connectivity index is 3.13. The quantitative estimate of drug-likeness (QED) is 0.661. The van der Waals surface area contributed by atoms with Crippen molar-refractivity contribution in [1.29, 1.82) is 0 Å². The maximum atomic E-state index is 5.74. The van der Waals surface area contributed by atoms with Gasteiger partial charge in [0.25, 0.3) is 0 Å². The van der Waals surface area contributed by atoms with E-state index in [0.717, 1.165) is 10.5 Å². The summed E-state index contributed by atoms with van der Waals surface area (Å²) in [7, 11) is 6.86. The van der Waals surface area contributed by atoms with Gasteiger partial charge < -0.3 is 0 Å². The number of rotatable bonds is 2. The van der Waals surface area contributed by atoms with E-state index in [2.05, 4.69) is 0 Å². The predicted octanol–water partition coefficient (Wildman–Crippen LogP) is 3.98. The molecule has 1 aromatic rings. The number of hydrogen-bond acceptors (Lipinski definition) is 1. The molecule has 0 aliphatic heterocycles. The molecule has 0 fully saturated rings. The van der Waals surface area contributed by atoms with Crippen LogP contribution in [0.5, 0.6) is 0 Å². The molecule has 0 amide bonds. The highest BCUT2D eigenvalue weighted by molar-refractivity contribution is 8.21. The third-order valence-electron chi connectivity index (χ3n) is 1.58. The first kappa shape index (κ1) is 9.24. The molecule has 1 rings (SSSR count). The molecule has 0 saturated heterocycles. The van der Waals surface area contributed by atoms with E-state index in [4.69, 9.17) is 22.3 Å². The van der Waals surface area contributed by atoms with Crippen LogP contribution in [-0.4, -0.2) is 0 Å². The zero-order valence-electron chi connectivity index (χ0n) is 6.10. The van der Waals surface area contributed by atoms with E-state index in [9.17, 15) is 0 Å². The second kappa shape index (κ2) is 4.24. The van der Waals surface area contributed by atoms with E-state index in [1.54, 1.807) is 0 Å². The highest BCUT2D eigenvalue weighted by Crippen LogP contribution is 2.28. The first-order valence-corrected chi connectivity index (χ1v) is 5.40. The first-order chi connectivity index (χ1) is 5.29. The van der Waals surface area contributed by atoms with Crippen LogP contribution in [0.3, 0.4) is 0 Å². The standard InChI is InChI=1S/C8H8Cl2S/c1-6-3-2-4-8(11-10)7(6)5-9/h2-4H,5H2,1H3. The zero-order valence-corrected chi connectivity index (χ0v) is 8.43. The molecule has 0 aliphatic carbocycles. The fourth-order valence-corrected chi connectivity index (χ4v) is 2.24. The van der Waals surface area contributed by atoms with Gasteiger partial charge in [-0.1, -0.05) is 12.1 Å². The van der Waals surface area contributed by atoms with Gasteiger partial charge in [-0.3, -0.25) is 0 Å². The lowest BCUT2D eigenvalue weighted by Gasteiger charge is -2.04. The molecule has 0 saturated carbocycles. The molecule has 0 N–H and O–H groups in total. The summed E-state index contributed by atoms with van der Waals surface area (Å²) in [6.07, 6.45) is 0. The molecule has 0 atom stereocenters. The largest absolute Gasteiger partial charge is 0.121 e. The van der Waals surface area contributed by atoms with E-state index in [1.165, 1.54) is 16.5 Å². The topological polar surface area (TPSA) is 0 Å². The Kier molecular flexibility index (Phi) is 3.57. The summed E-state index contributed by atoms with van der Waals surface area (Å²) in [5, 5.41) is 0. The van der Waals surface area contributed by atoms with Gasteiger partial charge in [0.2, 0.25) is 0 Å². The van der Waals surface area contributed by atoms with Crippen LogP contribution in [0.2, 0.25) is 0 Å². The van der Waals surface area contributed by atoms with Crippen molar-refractivity contribution < 1.29 is 0 Å². The van der Waals surface area contributed by atoms with E-state index in [-0.39, 0.29) is 0 Å². The predicted molar refractivity (Wildman–Crippen MR) is 52.4 cm³/mol. The molecule has 1 aromatic carbocycles. The summed E-state index contributed by atoms with van der Waals surface area (Å²) in [5.74, 6) is 0.529. The summed E-state index contributed by atoms with van der Waals surface area (Å²) >= 11 is 5.74. The SMILES string of the molecule is Cc1cccc(SCl)c1CCl. The normalized spacial score (nSPS) is 10.1. The Bertz CT molecular complexity index is 248. The van der Waals surface area contributed by atoms with E-state index >= 15 is 0 Å². The van der Waals surface area contributed by atoms with Crippen molar-refractivity contribution in [3.8, 4) is 0 Å². The van der Waals surface area contributed by atoms with Crippen LogP contribution in [0.25, 0.3) is 0 Å². The summed E-state index contributed by atoms with van der Waals surface area (Å²) in [6.45, 7) is 2.04. The number of hydrogen-bond donors (Lipinski definition) is 0. The summed E-state index contributed by atoms with van der Waals surface area (Å²) in [6, 6.07) is 5.99. The Hall–Kier alpha value is 0.150. The molecule has 0 aliphatic rings. The van der Waals surface area contributed by atoms with Crippen molar-refractivity contribution in [1.82, 2.24) is 0 Å². The fourth-order valence-electron chi connectivity index (χ4n) is 0.919. The van der Waals surface area contributed by atoms with Gasteiger partial charge >= 0.3 is 0 Å². The van der Waals surface area contributed by atoms with Crippen molar-refractivity contribution >= 4 is 33.3 Å². The van der Waals surface area contributed by atoms with Crippen molar-refractivity contribution in [3.05, 3.63) is 29.3 Å². The molecule has 0 bridgehead atoms. The van der Waals surface area contributed by atoms with Crippen molar-refractivity contribution in [2.75, 3.05) is 0 Å². The summed E-state index contributed by atoms with van der Waals surface area (Å²) in [4.78, 5) is 1.06. The van der Waals surface area contributed by atoms with Gasteiger partial charge in [-0.15, -0.1) is 11.6 Å². The fraction of sp³-hybridized carbons (Fsp3) is 0.250. The lowest BCUT2D eigenvalue weighted by Crippen LogP contribution is -1.86. The lowest BCUT2D eigenvalue weighted by molar-refractivity contribution is 1.20. The molecule has 0 nitrogen and oxygen atoms in total. The number of alkyl halides is 1. The lowest BCUT2D eigenvalue weighted by atomic mass is 10.1. The van der Waals surface area contributed by atoms with Crippen LogP contribution in [0, 0.1) is 6.92 Å². The second-order valence-corrected chi connectivity index (χ2v) is 3.59. The van der Waals surface area contributed by atoms with Gasteiger partial charge in [-0.2, -0.15) is 0 Å². The Morgan fingerprint density at radius 3 is 2.64 bits per heavy atom. The van der Waals surface area contributed by atoms with Crippen LogP contribution < -0.4 is 0 Å². The minimum Gasteiger partial charge on any atom is -0.121 e. The monoisotopic (exact) mass is 206 g/mol. The Morgan fingerprint density at radius 1 is 1.45 bits per heavy atom. The van der Waals surface area contributed by atoms with Crippen molar-refractivity contribution in [2.24, 2.45) is 0 Å². The molecular weight excluding hydrogens is 199 g/mol. The van der Waals surface area contributed by atoms with Crippen LogP contribution in [0.4, 0.5) is 0 Å². The first-order valence-electron chi connectivity index (χ1n) is 3.22. The minimum absolute atomic E-state index is 0.529. The maximum Gasteiger partial charge on any atom is 0.0488 e. The zero-order chi connectivity index (χ0) is 8.27. The molecule has 0 heterocycles. The van der Waals surface area contributed by atoms with Gasteiger partial charge in [-0.05, 0) is 45.8 Å². The van der Waals surface area contributed by atoms with Gasteiger partial charge in [0.1, 0.15) is 0 Å². The van der Waals surface area contributed by atoms with Crippen LogP contribution in [0.1, 0.15) is 11.1 Å². The average Bonchev–Trinajstić information content (AvgIpc) is 2.04. The Morgan fingerprint density at radius 2 is 2.18 bits per heavy atom. The Labute approximate surface area is 80.4 Å². The highest BCUT2D eigenvalue weighted by Gasteiger charge is 2.02. The van der Waals surface area contributed by atoms with Gasteiger partial charge in [0.15, 0.2) is 0 Å². The molecular formula is C8H8Cl2S. The number of aryl methyl sites for hydroxylation is 1. The molecule has 0 unspecified atom stereocenters. The molecule has 3 heteroatoms. The van der Waals surface area contributed by atoms with Crippen molar-refractivity contribution in [2.45, 2.75) is 17.7 Å². The van der Waals surface area contributed by atoms with E-state index < -0.39 is 0 Å². The van der Waals surface area contributed by atoms with Crippen LogP contribution in [0.15, 0.2) is 23.1 Å². The molecule has 11 heavy (non-hydrogen) atoms. The van der Waals surface area contributed by atoms with E-state index in [1.807, 2.05) is 25.1 Å². The number of benzene rings is 1. The highest BCUT2D eigenvalue weighted by atomic mass is 35.7. The van der Waals surface area contributed by atoms with E-state index in [0.29, 0.717) is 5.88 Å². The third-order valence-corrected chi connectivity index (χ3v) is 2.90. The van der Waals surface area contributed by atoms with Crippen molar-refractivity contribution in [3.63, 3.8) is 0 Å². The second-order valence-electron chi connectivity index (χ2n) is 2.26. The van der Waals surface area contributed by atoms with Gasteiger partial charge in [0, 0.05) is 10.8 Å². The molecule has 60 valence electrons. The smallest absolute Gasteiger partial charge is 0.0488 e. The number of halogens is 2. The van der Waals surface area contributed by atoms with Gasteiger partial charge in [0.05, 0.1) is 0 Å². The minimum atomic E-state index is 0.529. The third kappa shape index (κ3) is 2.05. The van der Waals surface area contributed by atoms with Crippen LogP contribution in [-0.2, 0) is 5.88 Å². The molecule has 0 aromatic heterocycles. The molecule has 0 radical (unpaired) electrons. The summed E-state index contributed by atoms with van der Waals surface area (Å²) in [5.41, 5.74) is 2.33. The summed E-state index contributed by atoms with van der Waals surface area (Å²) < 4.78 is 0. The molecule has 0 spiro atoms. The van der Waals surface area contributed by atoms with Crippen LogP contribution >= 0.6 is 33.3 Å².